The summed E-state index contributed by atoms with van der Waals surface area (Å²) in [5.41, 5.74) is -4.98. The summed E-state index contributed by atoms with van der Waals surface area (Å²) in [6.45, 7) is 3.58. The van der Waals surface area contributed by atoms with E-state index in [-0.39, 0.29) is 44.0 Å². The minimum Gasteiger partial charge on any atom is -0.489 e. The van der Waals surface area contributed by atoms with Crippen molar-refractivity contribution in [3.05, 3.63) is 24.0 Å². The van der Waals surface area contributed by atoms with Crippen molar-refractivity contribution in [3.8, 4) is 0 Å². The van der Waals surface area contributed by atoms with Gasteiger partial charge in [0.05, 0.1) is 41.0 Å². The summed E-state index contributed by atoms with van der Waals surface area (Å²) in [7, 11) is 0. The Bertz CT molecular complexity index is 1080. The molecule has 10 heteroatoms. The Labute approximate surface area is 227 Å². The maximum absolute atomic E-state index is 12.9. The Morgan fingerprint density at radius 2 is 1.87 bits per heavy atom. The van der Waals surface area contributed by atoms with Gasteiger partial charge in [-0.15, -0.1) is 0 Å². The van der Waals surface area contributed by atoms with Crippen LogP contribution < -0.4 is 0 Å². The molecule has 4 aliphatic carbocycles. The van der Waals surface area contributed by atoms with Crippen molar-refractivity contribution in [2.45, 2.75) is 107 Å². The standard InChI is InChI=1S/C29H40O10/c1-15-25(34)20(32)10-23(38-15)39-17-3-6-27(14-30)24-19(4-7-28(27,35)11-17)29(36)8-5-18(22-9-16(31)13-37-22)26(29,2)12-21(24)33/h4,7,9,14-15,17-21,23-25,32-36H,3,5-6,8,10-13H2,1-2H3/t15-,17+,18+,19-,20-,21-,23+,24+,25-,26-,27+,28+,29+/m1/s1. The second-order valence-electron chi connectivity index (χ2n) is 13.1. The third-order valence-corrected chi connectivity index (χ3v) is 11.2. The van der Waals surface area contributed by atoms with Gasteiger partial charge in [-0.3, -0.25) is 4.79 Å². The molecule has 0 amide bonds. The molecule has 13 atom stereocenters. The molecule has 2 aliphatic heterocycles. The van der Waals surface area contributed by atoms with Gasteiger partial charge in [-0.05, 0) is 39.0 Å². The average molecular weight is 549 g/mol. The Balaban J connectivity index is 1.28. The van der Waals surface area contributed by atoms with Gasteiger partial charge in [0.25, 0.3) is 0 Å². The van der Waals surface area contributed by atoms with E-state index < -0.39 is 70.7 Å². The molecule has 0 aromatic heterocycles. The number of carbonyl (C=O) groups excluding carboxylic acids is 2. The summed E-state index contributed by atoms with van der Waals surface area (Å²) in [5.74, 6) is -1.07. The molecular formula is C29H40O10. The van der Waals surface area contributed by atoms with Crippen LogP contribution in [0.1, 0.15) is 58.8 Å². The monoisotopic (exact) mass is 548 g/mol. The first-order valence-corrected chi connectivity index (χ1v) is 14.2. The first kappa shape index (κ1) is 27.5. The van der Waals surface area contributed by atoms with Crippen molar-refractivity contribution < 1.29 is 49.3 Å². The highest BCUT2D eigenvalue weighted by Gasteiger charge is 2.73. The smallest absolute Gasteiger partial charge is 0.196 e. The van der Waals surface area contributed by atoms with Crippen LogP contribution in [0.3, 0.4) is 0 Å². The Hall–Kier alpha value is -1.66. The number of aldehydes is 1. The van der Waals surface area contributed by atoms with E-state index in [9.17, 15) is 35.1 Å². The zero-order valence-corrected chi connectivity index (χ0v) is 22.4. The van der Waals surface area contributed by atoms with Crippen molar-refractivity contribution in [3.63, 3.8) is 0 Å². The number of ketones is 1. The fraction of sp³-hybridized carbons (Fsp3) is 0.793. The highest BCUT2D eigenvalue weighted by atomic mass is 16.7. The first-order chi connectivity index (χ1) is 18.4. The normalized spacial score (nSPS) is 54.8. The predicted molar refractivity (Wildman–Crippen MR) is 135 cm³/mol. The van der Waals surface area contributed by atoms with E-state index in [4.69, 9.17) is 14.2 Å². The van der Waals surface area contributed by atoms with Gasteiger partial charge in [0, 0.05) is 42.1 Å². The van der Waals surface area contributed by atoms with Gasteiger partial charge in [0.15, 0.2) is 18.7 Å². The van der Waals surface area contributed by atoms with Gasteiger partial charge >= 0.3 is 0 Å². The van der Waals surface area contributed by atoms with E-state index in [0.717, 1.165) is 6.29 Å². The molecule has 6 aliphatic rings. The van der Waals surface area contributed by atoms with Crippen molar-refractivity contribution >= 4 is 12.1 Å². The number of aliphatic hydroxyl groups excluding tert-OH is 3. The number of allylic oxidation sites excluding steroid dienone is 1. The SMILES string of the molecule is C[C@H]1O[C@@H](O[C@H]2CC[C@]3(C=O)[C@@H]4[C@H](O)C[C@]5(C)[C@H](C6=CC(=O)CO6)CC[C@]5(O)[C@@H]4C=C[C@]3(O)C2)C[C@@H](O)[C@@H]1O. The molecule has 0 spiro atoms. The van der Waals surface area contributed by atoms with Gasteiger partial charge in [0.1, 0.15) is 18.1 Å². The lowest BCUT2D eigenvalue weighted by Gasteiger charge is -2.64. The summed E-state index contributed by atoms with van der Waals surface area (Å²) in [5, 5.41) is 56.1. The maximum Gasteiger partial charge on any atom is 0.196 e. The average Bonchev–Trinajstić information content (AvgIpc) is 3.41. The van der Waals surface area contributed by atoms with Gasteiger partial charge in [-0.25, -0.2) is 0 Å². The predicted octanol–water partition coefficient (Wildman–Crippen LogP) is 0.526. The summed E-state index contributed by atoms with van der Waals surface area (Å²) < 4.78 is 17.5. The van der Waals surface area contributed by atoms with Crippen LogP contribution in [0.15, 0.2) is 24.0 Å². The van der Waals surface area contributed by atoms with Crippen molar-refractivity contribution in [2.24, 2.45) is 28.6 Å². The fourth-order valence-electron chi connectivity index (χ4n) is 9.11. The van der Waals surface area contributed by atoms with E-state index in [1.165, 1.54) is 6.08 Å². The maximum atomic E-state index is 12.9. The summed E-state index contributed by atoms with van der Waals surface area (Å²) >= 11 is 0. The molecular weight excluding hydrogens is 508 g/mol. The molecule has 10 nitrogen and oxygen atoms in total. The van der Waals surface area contributed by atoms with Crippen molar-refractivity contribution in [1.82, 2.24) is 0 Å². The van der Waals surface area contributed by atoms with E-state index in [0.29, 0.717) is 25.0 Å². The molecule has 1 saturated heterocycles. The second-order valence-corrected chi connectivity index (χ2v) is 13.1. The van der Waals surface area contributed by atoms with Crippen LogP contribution in [0.25, 0.3) is 0 Å². The molecule has 0 unspecified atom stereocenters. The number of fused-ring (bicyclic) bond motifs is 5. The van der Waals surface area contributed by atoms with Crippen LogP contribution >= 0.6 is 0 Å². The molecule has 5 N–H and O–H groups in total. The zero-order valence-electron chi connectivity index (χ0n) is 22.4. The molecule has 2 heterocycles. The molecule has 0 aromatic rings. The van der Waals surface area contributed by atoms with E-state index in [2.05, 4.69) is 0 Å². The van der Waals surface area contributed by atoms with Crippen LogP contribution in [0.2, 0.25) is 0 Å². The third kappa shape index (κ3) is 3.79. The zero-order chi connectivity index (χ0) is 28.0. The van der Waals surface area contributed by atoms with Gasteiger partial charge in [-0.2, -0.15) is 0 Å². The summed E-state index contributed by atoms with van der Waals surface area (Å²) in [4.78, 5) is 24.8. The number of hydrogen-bond acceptors (Lipinski definition) is 10. The van der Waals surface area contributed by atoms with E-state index >= 15 is 0 Å². The molecule has 39 heavy (non-hydrogen) atoms. The number of rotatable bonds is 4. The Morgan fingerprint density at radius 3 is 2.54 bits per heavy atom. The van der Waals surface area contributed by atoms with Gasteiger partial charge < -0.3 is 44.5 Å². The first-order valence-electron chi connectivity index (χ1n) is 14.2. The largest absolute Gasteiger partial charge is 0.489 e. The minimum atomic E-state index is -1.61. The lowest BCUT2D eigenvalue weighted by Crippen LogP contribution is -2.70. The number of ether oxygens (including phenoxy) is 3. The molecule has 3 saturated carbocycles. The molecule has 0 aromatic carbocycles. The van der Waals surface area contributed by atoms with Crippen LogP contribution in [-0.4, -0.2) is 92.2 Å². The topological polar surface area (TPSA) is 163 Å². The van der Waals surface area contributed by atoms with E-state index in [1.54, 1.807) is 19.1 Å². The summed E-state index contributed by atoms with van der Waals surface area (Å²) in [6.07, 6.45) is 2.91. The van der Waals surface area contributed by atoms with Crippen molar-refractivity contribution in [1.29, 1.82) is 0 Å². The number of hydrogen-bond donors (Lipinski definition) is 5. The van der Waals surface area contributed by atoms with Crippen molar-refractivity contribution in [2.75, 3.05) is 6.61 Å². The molecule has 0 radical (unpaired) electrons. The van der Waals surface area contributed by atoms with Crippen LogP contribution in [0.4, 0.5) is 0 Å². The Kier molecular flexibility index (Phi) is 6.47. The second kappa shape index (κ2) is 9.17. The fourth-order valence-corrected chi connectivity index (χ4v) is 9.11. The van der Waals surface area contributed by atoms with Crippen LogP contribution in [-0.2, 0) is 23.8 Å². The highest BCUT2D eigenvalue weighted by molar-refractivity contribution is 5.93. The summed E-state index contributed by atoms with van der Waals surface area (Å²) in [6, 6.07) is 0. The molecule has 0 bridgehead atoms. The van der Waals surface area contributed by atoms with E-state index in [1.807, 2.05) is 6.92 Å². The highest BCUT2D eigenvalue weighted by Crippen LogP contribution is 2.69. The number of aliphatic hydroxyl groups is 5. The molecule has 4 fully saturated rings. The third-order valence-electron chi connectivity index (χ3n) is 11.2. The number of carbonyl (C=O) groups is 2. The van der Waals surface area contributed by atoms with Gasteiger partial charge in [-0.1, -0.05) is 19.1 Å². The molecule has 216 valence electrons. The Morgan fingerprint density at radius 1 is 1.10 bits per heavy atom. The lowest BCUT2D eigenvalue weighted by atomic mass is 9.43. The quantitative estimate of drug-likeness (QED) is 0.247. The minimum absolute atomic E-state index is 0.0102. The van der Waals surface area contributed by atoms with Gasteiger partial charge in [0.2, 0.25) is 0 Å². The lowest BCUT2D eigenvalue weighted by molar-refractivity contribution is -0.278. The van der Waals surface area contributed by atoms with Crippen LogP contribution in [0.5, 0.6) is 0 Å². The molecule has 6 rings (SSSR count). The van der Waals surface area contributed by atoms with Crippen LogP contribution in [0, 0.1) is 28.6 Å².